The molecular weight excluding hydrogens is 220 g/mol. The van der Waals surface area contributed by atoms with Crippen molar-refractivity contribution in [2.24, 2.45) is 0 Å². The summed E-state index contributed by atoms with van der Waals surface area (Å²) in [5, 5.41) is 12.7. The Balaban J connectivity index is 1.95. The van der Waals surface area contributed by atoms with Crippen molar-refractivity contribution in [2.75, 3.05) is 13.1 Å². The molecule has 94 valence electrons. The van der Waals surface area contributed by atoms with Crippen LogP contribution in [0.15, 0.2) is 10.6 Å². The van der Waals surface area contributed by atoms with E-state index in [0.717, 1.165) is 25.4 Å². The predicted molar refractivity (Wildman–Crippen MR) is 61.7 cm³/mol. The zero-order valence-corrected chi connectivity index (χ0v) is 10.1. The lowest BCUT2D eigenvalue weighted by Gasteiger charge is -2.24. The van der Waals surface area contributed by atoms with E-state index >= 15 is 0 Å². The number of hydrogen-bond acceptors (Lipinski definition) is 4. The summed E-state index contributed by atoms with van der Waals surface area (Å²) in [7, 11) is 0. The van der Waals surface area contributed by atoms with E-state index in [0.29, 0.717) is 5.69 Å². The third kappa shape index (κ3) is 3.06. The zero-order valence-electron chi connectivity index (χ0n) is 10.1. The predicted octanol–water partition coefficient (Wildman–Crippen LogP) is 1.85. The topological polar surface area (TPSA) is 66.6 Å². The van der Waals surface area contributed by atoms with Gasteiger partial charge in [-0.15, -0.1) is 0 Å². The second-order valence-electron chi connectivity index (χ2n) is 4.61. The van der Waals surface area contributed by atoms with Crippen molar-refractivity contribution in [3.63, 3.8) is 0 Å². The number of aromatic nitrogens is 1. The van der Waals surface area contributed by atoms with Crippen LogP contribution in [0.25, 0.3) is 0 Å². The molecule has 0 aromatic carbocycles. The third-order valence-electron chi connectivity index (χ3n) is 3.22. The van der Waals surface area contributed by atoms with Crippen LogP contribution in [0.2, 0.25) is 0 Å². The standard InChI is InChI=1S/C12H18N2O3/c1-9(12(15)16)11-7-10(17-13-11)8-14-5-3-2-4-6-14/h7,9H,2-6,8H2,1H3,(H,15,16). The van der Waals surface area contributed by atoms with Crippen LogP contribution >= 0.6 is 0 Å². The molecule has 0 radical (unpaired) electrons. The average Bonchev–Trinajstić information content (AvgIpc) is 2.77. The van der Waals surface area contributed by atoms with Gasteiger partial charge in [0, 0.05) is 6.07 Å². The van der Waals surface area contributed by atoms with E-state index in [9.17, 15) is 4.79 Å². The number of hydrogen-bond donors (Lipinski definition) is 1. The average molecular weight is 238 g/mol. The molecule has 1 aromatic rings. The van der Waals surface area contributed by atoms with Crippen LogP contribution in [0.3, 0.4) is 0 Å². The fourth-order valence-electron chi connectivity index (χ4n) is 2.07. The summed E-state index contributed by atoms with van der Waals surface area (Å²) in [6.07, 6.45) is 3.76. The van der Waals surface area contributed by atoms with Crippen LogP contribution in [0.4, 0.5) is 0 Å². The molecule has 1 fully saturated rings. The van der Waals surface area contributed by atoms with Crippen LogP contribution in [0, 0.1) is 0 Å². The van der Waals surface area contributed by atoms with Crippen molar-refractivity contribution in [1.82, 2.24) is 10.1 Å². The second-order valence-corrected chi connectivity index (χ2v) is 4.61. The van der Waals surface area contributed by atoms with E-state index in [1.807, 2.05) is 0 Å². The first kappa shape index (κ1) is 12.1. The van der Waals surface area contributed by atoms with Crippen LogP contribution in [0.1, 0.15) is 43.6 Å². The molecule has 0 saturated carbocycles. The quantitative estimate of drug-likeness (QED) is 0.867. The number of likely N-dealkylation sites (tertiary alicyclic amines) is 1. The number of carboxylic acid groups (broad SMARTS) is 1. The van der Waals surface area contributed by atoms with Crippen molar-refractivity contribution in [2.45, 2.75) is 38.6 Å². The van der Waals surface area contributed by atoms with Gasteiger partial charge in [-0.1, -0.05) is 11.6 Å². The minimum Gasteiger partial charge on any atom is -0.481 e. The molecule has 1 aliphatic rings. The van der Waals surface area contributed by atoms with E-state index in [-0.39, 0.29) is 0 Å². The molecule has 17 heavy (non-hydrogen) atoms. The monoisotopic (exact) mass is 238 g/mol. The highest BCUT2D eigenvalue weighted by Crippen LogP contribution is 2.18. The molecule has 0 bridgehead atoms. The Morgan fingerprint density at radius 2 is 2.24 bits per heavy atom. The largest absolute Gasteiger partial charge is 0.481 e. The molecule has 0 aliphatic carbocycles. The first-order valence-electron chi connectivity index (χ1n) is 6.07. The smallest absolute Gasteiger partial charge is 0.312 e. The van der Waals surface area contributed by atoms with Crippen molar-refractivity contribution in [3.05, 3.63) is 17.5 Å². The summed E-state index contributed by atoms with van der Waals surface area (Å²) >= 11 is 0. The highest BCUT2D eigenvalue weighted by molar-refractivity contribution is 5.74. The van der Waals surface area contributed by atoms with E-state index in [1.165, 1.54) is 19.3 Å². The van der Waals surface area contributed by atoms with E-state index in [4.69, 9.17) is 9.63 Å². The van der Waals surface area contributed by atoms with E-state index in [1.54, 1.807) is 13.0 Å². The first-order chi connectivity index (χ1) is 8.16. The molecular formula is C12H18N2O3. The van der Waals surface area contributed by atoms with Gasteiger partial charge in [-0.05, 0) is 32.9 Å². The lowest BCUT2D eigenvalue weighted by molar-refractivity contribution is -0.138. The maximum Gasteiger partial charge on any atom is 0.312 e. The molecule has 1 N–H and O–H groups in total. The van der Waals surface area contributed by atoms with E-state index in [2.05, 4.69) is 10.1 Å². The van der Waals surface area contributed by atoms with Crippen molar-refractivity contribution >= 4 is 5.97 Å². The maximum absolute atomic E-state index is 10.8. The van der Waals surface area contributed by atoms with E-state index < -0.39 is 11.9 Å². The third-order valence-corrected chi connectivity index (χ3v) is 3.22. The zero-order chi connectivity index (χ0) is 12.3. The van der Waals surface area contributed by atoms with Crippen LogP contribution in [0.5, 0.6) is 0 Å². The molecule has 2 rings (SSSR count). The summed E-state index contributed by atoms with van der Waals surface area (Å²) in [6.45, 7) is 4.53. The molecule has 1 atom stereocenters. The normalized spacial score (nSPS) is 19.1. The van der Waals surface area contributed by atoms with Gasteiger partial charge in [-0.2, -0.15) is 0 Å². The number of carboxylic acids is 1. The summed E-state index contributed by atoms with van der Waals surface area (Å²) in [6, 6.07) is 1.76. The highest BCUT2D eigenvalue weighted by Gasteiger charge is 2.19. The van der Waals surface area contributed by atoms with Gasteiger partial charge >= 0.3 is 5.97 Å². The molecule has 5 nitrogen and oxygen atoms in total. The lowest BCUT2D eigenvalue weighted by Crippen LogP contribution is -2.28. The number of rotatable bonds is 4. The van der Waals surface area contributed by atoms with Gasteiger partial charge in [0.25, 0.3) is 0 Å². The van der Waals surface area contributed by atoms with Gasteiger partial charge in [0.1, 0.15) is 0 Å². The van der Waals surface area contributed by atoms with Crippen molar-refractivity contribution in [1.29, 1.82) is 0 Å². The molecule has 5 heteroatoms. The number of piperidine rings is 1. The fraction of sp³-hybridized carbons (Fsp3) is 0.667. The Morgan fingerprint density at radius 3 is 2.88 bits per heavy atom. The van der Waals surface area contributed by atoms with Gasteiger partial charge in [0.15, 0.2) is 5.76 Å². The Bertz CT molecular complexity index is 383. The molecule has 0 amide bonds. The van der Waals surface area contributed by atoms with Gasteiger partial charge in [0.2, 0.25) is 0 Å². The van der Waals surface area contributed by atoms with Crippen LogP contribution in [-0.2, 0) is 11.3 Å². The second kappa shape index (κ2) is 5.31. The van der Waals surface area contributed by atoms with Gasteiger partial charge in [0.05, 0.1) is 18.2 Å². The molecule has 2 heterocycles. The minimum absolute atomic E-state index is 0.504. The summed E-state index contributed by atoms with van der Waals surface area (Å²) in [5.41, 5.74) is 0.504. The maximum atomic E-state index is 10.8. The molecule has 1 aliphatic heterocycles. The lowest BCUT2D eigenvalue weighted by atomic mass is 10.1. The molecule has 1 aromatic heterocycles. The van der Waals surface area contributed by atoms with Crippen molar-refractivity contribution < 1.29 is 14.4 Å². The molecule has 0 spiro atoms. The Hall–Kier alpha value is -1.36. The fourth-order valence-corrected chi connectivity index (χ4v) is 2.07. The van der Waals surface area contributed by atoms with Gasteiger partial charge in [-0.3, -0.25) is 9.69 Å². The Morgan fingerprint density at radius 1 is 1.53 bits per heavy atom. The Kier molecular flexibility index (Phi) is 3.78. The minimum atomic E-state index is -0.872. The molecule has 1 unspecified atom stereocenters. The SMILES string of the molecule is CC(C(=O)O)c1cc(CN2CCCCC2)on1. The first-order valence-corrected chi connectivity index (χ1v) is 6.07. The number of aliphatic carboxylic acids is 1. The highest BCUT2D eigenvalue weighted by atomic mass is 16.5. The van der Waals surface area contributed by atoms with Gasteiger partial charge < -0.3 is 9.63 Å². The molecule has 1 saturated heterocycles. The van der Waals surface area contributed by atoms with Crippen molar-refractivity contribution in [3.8, 4) is 0 Å². The summed E-state index contributed by atoms with van der Waals surface area (Å²) in [5.74, 6) is -0.716. The summed E-state index contributed by atoms with van der Waals surface area (Å²) < 4.78 is 5.18. The summed E-state index contributed by atoms with van der Waals surface area (Å²) in [4.78, 5) is 13.1. The van der Waals surface area contributed by atoms with Crippen LogP contribution < -0.4 is 0 Å². The Labute approximate surface area is 100 Å². The van der Waals surface area contributed by atoms with Crippen LogP contribution in [-0.4, -0.2) is 34.2 Å². The van der Waals surface area contributed by atoms with Gasteiger partial charge in [-0.25, -0.2) is 0 Å². The number of nitrogens with zero attached hydrogens (tertiary/aromatic N) is 2. The number of carbonyl (C=O) groups is 1.